The van der Waals surface area contributed by atoms with E-state index in [4.69, 9.17) is 4.63 Å². The molecular formula is C15H19N5O2. The van der Waals surface area contributed by atoms with Crippen molar-refractivity contribution < 1.29 is 4.63 Å². The Labute approximate surface area is 127 Å². The number of hydrogen-bond donors (Lipinski definition) is 0. The molecule has 116 valence electrons. The van der Waals surface area contributed by atoms with Crippen LogP contribution in [0.4, 0.5) is 0 Å². The topological polar surface area (TPSA) is 77.1 Å². The monoisotopic (exact) mass is 301 g/mol. The van der Waals surface area contributed by atoms with Gasteiger partial charge in [-0.15, -0.1) is 0 Å². The fourth-order valence-corrected chi connectivity index (χ4v) is 2.96. The third kappa shape index (κ3) is 2.68. The van der Waals surface area contributed by atoms with Crippen molar-refractivity contribution in [2.75, 3.05) is 13.1 Å². The molecule has 7 heteroatoms. The van der Waals surface area contributed by atoms with Gasteiger partial charge < -0.3 is 0 Å². The van der Waals surface area contributed by atoms with Crippen LogP contribution in [0.5, 0.6) is 0 Å². The second kappa shape index (κ2) is 5.31. The van der Waals surface area contributed by atoms with Gasteiger partial charge in [0, 0.05) is 37.5 Å². The minimum atomic E-state index is -0.000560. The fourth-order valence-electron chi connectivity index (χ4n) is 2.96. The van der Waals surface area contributed by atoms with Crippen LogP contribution in [-0.2, 0) is 13.1 Å². The van der Waals surface area contributed by atoms with E-state index in [9.17, 15) is 4.79 Å². The van der Waals surface area contributed by atoms with Gasteiger partial charge in [0.15, 0.2) is 0 Å². The second-order valence-electron chi connectivity index (χ2n) is 6.41. The first kappa shape index (κ1) is 13.6. The molecule has 1 aliphatic heterocycles. The lowest BCUT2D eigenvalue weighted by Gasteiger charge is -2.38. The lowest BCUT2D eigenvalue weighted by atomic mass is 10.00. The second-order valence-corrected chi connectivity index (χ2v) is 6.41. The maximum absolute atomic E-state index is 11.9. The summed E-state index contributed by atoms with van der Waals surface area (Å²) in [5.41, 5.74) is 2.81. The van der Waals surface area contributed by atoms with E-state index >= 15 is 0 Å². The first-order valence-corrected chi connectivity index (χ1v) is 7.77. The predicted molar refractivity (Wildman–Crippen MR) is 78.3 cm³/mol. The summed E-state index contributed by atoms with van der Waals surface area (Å²) in [5.74, 6) is 1.05. The summed E-state index contributed by atoms with van der Waals surface area (Å²) in [7, 11) is 0. The van der Waals surface area contributed by atoms with Gasteiger partial charge in [0.2, 0.25) is 0 Å². The molecule has 0 N–H and O–H groups in total. The third-order valence-electron chi connectivity index (χ3n) is 4.47. The Kier molecular flexibility index (Phi) is 3.29. The molecule has 0 unspecified atom stereocenters. The molecule has 0 atom stereocenters. The predicted octanol–water partition coefficient (Wildman–Crippen LogP) is 0.944. The van der Waals surface area contributed by atoms with Crippen LogP contribution in [0, 0.1) is 12.8 Å². The summed E-state index contributed by atoms with van der Waals surface area (Å²) in [6, 6.07) is 3.53. The smallest absolute Gasteiger partial charge is 0.266 e. The highest BCUT2D eigenvalue weighted by atomic mass is 16.6. The van der Waals surface area contributed by atoms with Gasteiger partial charge >= 0.3 is 0 Å². The van der Waals surface area contributed by atoms with Gasteiger partial charge in [0.05, 0.1) is 12.2 Å². The standard InChI is InChI=1S/C15H19N5O2/c1-10-14(18-22-17-10)9-19-6-11(7-19)8-20-15(21)5-4-13(16-20)12-2-3-12/h4-5,11-12H,2-3,6-9H2,1H3. The molecule has 2 aromatic heterocycles. The molecule has 22 heavy (non-hydrogen) atoms. The Morgan fingerprint density at radius 2 is 2.09 bits per heavy atom. The first-order valence-electron chi connectivity index (χ1n) is 7.77. The van der Waals surface area contributed by atoms with E-state index in [2.05, 4.69) is 20.3 Å². The Morgan fingerprint density at radius 3 is 2.77 bits per heavy atom. The number of aromatic nitrogens is 4. The SMILES string of the molecule is Cc1nonc1CN1CC(Cn2nc(C3CC3)ccc2=O)C1. The number of rotatable bonds is 5. The average molecular weight is 301 g/mol. The maximum atomic E-state index is 11.9. The molecular weight excluding hydrogens is 282 g/mol. The number of aryl methyl sites for hydroxylation is 1. The molecule has 1 aliphatic carbocycles. The normalized spacial score (nSPS) is 19.3. The Bertz CT molecular complexity index is 728. The summed E-state index contributed by atoms with van der Waals surface area (Å²) in [6.45, 7) is 5.26. The highest BCUT2D eigenvalue weighted by Gasteiger charge is 2.30. The van der Waals surface area contributed by atoms with E-state index < -0.39 is 0 Å². The Hall–Kier alpha value is -2.02. The summed E-state index contributed by atoms with van der Waals surface area (Å²) >= 11 is 0. The minimum absolute atomic E-state index is 0.000560. The molecule has 2 aromatic rings. The van der Waals surface area contributed by atoms with Crippen LogP contribution in [-0.4, -0.2) is 38.1 Å². The largest absolute Gasteiger partial charge is 0.297 e. The van der Waals surface area contributed by atoms with Crippen LogP contribution in [0.3, 0.4) is 0 Å². The highest BCUT2D eigenvalue weighted by molar-refractivity contribution is 5.12. The number of nitrogens with zero attached hydrogens (tertiary/aromatic N) is 5. The molecule has 0 spiro atoms. The maximum Gasteiger partial charge on any atom is 0.266 e. The Morgan fingerprint density at radius 1 is 1.27 bits per heavy atom. The zero-order valence-electron chi connectivity index (χ0n) is 12.6. The molecule has 2 aliphatic rings. The van der Waals surface area contributed by atoms with E-state index in [0.29, 0.717) is 18.4 Å². The Balaban J connectivity index is 1.35. The summed E-state index contributed by atoms with van der Waals surface area (Å²) in [5, 5.41) is 12.2. The number of hydrogen-bond acceptors (Lipinski definition) is 6. The quantitative estimate of drug-likeness (QED) is 0.818. The average Bonchev–Trinajstić information content (AvgIpc) is 3.23. The molecule has 0 amide bonds. The van der Waals surface area contributed by atoms with Gasteiger partial charge in [-0.05, 0) is 25.8 Å². The van der Waals surface area contributed by atoms with Crippen molar-refractivity contribution in [1.29, 1.82) is 0 Å². The highest BCUT2D eigenvalue weighted by Crippen LogP contribution is 2.38. The summed E-state index contributed by atoms with van der Waals surface area (Å²) in [4.78, 5) is 14.2. The molecule has 4 rings (SSSR count). The van der Waals surface area contributed by atoms with Crippen LogP contribution >= 0.6 is 0 Å². The van der Waals surface area contributed by atoms with Crippen molar-refractivity contribution in [3.05, 3.63) is 39.6 Å². The fraction of sp³-hybridized carbons (Fsp3) is 0.600. The van der Waals surface area contributed by atoms with Gasteiger partial charge in [-0.3, -0.25) is 9.69 Å². The van der Waals surface area contributed by atoms with E-state index in [1.807, 2.05) is 13.0 Å². The zero-order chi connectivity index (χ0) is 15.1. The molecule has 1 saturated heterocycles. The van der Waals surface area contributed by atoms with Crippen LogP contribution in [0.2, 0.25) is 0 Å². The van der Waals surface area contributed by atoms with Gasteiger partial charge in [-0.1, -0.05) is 10.3 Å². The van der Waals surface area contributed by atoms with Crippen molar-refractivity contribution >= 4 is 0 Å². The lowest BCUT2D eigenvalue weighted by molar-refractivity contribution is 0.0739. The molecule has 7 nitrogen and oxygen atoms in total. The van der Waals surface area contributed by atoms with Crippen LogP contribution < -0.4 is 5.56 Å². The van der Waals surface area contributed by atoms with Crippen molar-refractivity contribution in [3.8, 4) is 0 Å². The van der Waals surface area contributed by atoms with E-state index in [0.717, 1.165) is 36.7 Å². The number of likely N-dealkylation sites (tertiary alicyclic amines) is 1. The van der Waals surface area contributed by atoms with Crippen LogP contribution in [0.25, 0.3) is 0 Å². The van der Waals surface area contributed by atoms with Crippen molar-refractivity contribution in [1.82, 2.24) is 25.0 Å². The van der Waals surface area contributed by atoms with Gasteiger partial charge in [0.25, 0.3) is 5.56 Å². The van der Waals surface area contributed by atoms with Gasteiger partial charge in [-0.25, -0.2) is 9.31 Å². The molecule has 0 radical (unpaired) electrons. The molecule has 0 bridgehead atoms. The van der Waals surface area contributed by atoms with Crippen LogP contribution in [0.1, 0.15) is 35.8 Å². The molecule has 3 heterocycles. The molecule has 2 fully saturated rings. The summed E-state index contributed by atoms with van der Waals surface area (Å²) in [6.07, 6.45) is 2.40. The lowest BCUT2D eigenvalue weighted by Crippen LogP contribution is -2.49. The zero-order valence-corrected chi connectivity index (χ0v) is 12.6. The van der Waals surface area contributed by atoms with Gasteiger partial charge in [-0.2, -0.15) is 5.10 Å². The van der Waals surface area contributed by atoms with Crippen LogP contribution in [0.15, 0.2) is 21.6 Å². The van der Waals surface area contributed by atoms with E-state index in [-0.39, 0.29) is 5.56 Å². The van der Waals surface area contributed by atoms with E-state index in [1.54, 1.807) is 10.7 Å². The van der Waals surface area contributed by atoms with Gasteiger partial charge in [0.1, 0.15) is 11.4 Å². The van der Waals surface area contributed by atoms with Crippen molar-refractivity contribution in [3.63, 3.8) is 0 Å². The first-order chi connectivity index (χ1) is 10.7. The van der Waals surface area contributed by atoms with Crippen molar-refractivity contribution in [2.45, 2.75) is 38.8 Å². The van der Waals surface area contributed by atoms with Crippen molar-refractivity contribution in [2.24, 2.45) is 5.92 Å². The van der Waals surface area contributed by atoms with E-state index in [1.165, 1.54) is 12.8 Å². The summed E-state index contributed by atoms with van der Waals surface area (Å²) < 4.78 is 6.35. The minimum Gasteiger partial charge on any atom is -0.297 e. The third-order valence-corrected chi connectivity index (χ3v) is 4.47. The molecule has 1 saturated carbocycles. The molecule has 0 aromatic carbocycles.